The van der Waals surface area contributed by atoms with Crippen LogP contribution in [0.2, 0.25) is 0 Å². The molecule has 0 aromatic carbocycles. The highest BCUT2D eigenvalue weighted by Gasteiger charge is 2.40. The van der Waals surface area contributed by atoms with E-state index in [2.05, 4.69) is 0 Å². The van der Waals surface area contributed by atoms with Gasteiger partial charge >= 0.3 is 0 Å². The normalized spacial score (nSPS) is 23.8. The highest BCUT2D eigenvalue weighted by Crippen LogP contribution is 2.45. The molecule has 0 heterocycles. The Bertz CT molecular complexity index is 203. The van der Waals surface area contributed by atoms with Gasteiger partial charge in [-0.05, 0) is 18.3 Å². The van der Waals surface area contributed by atoms with E-state index < -0.39 is 10.0 Å². The molecular formula is C5H11NO2S. The molecule has 0 bridgehead atoms. The lowest BCUT2D eigenvalue weighted by atomic mass is 10.2. The zero-order chi connectivity index (χ0) is 7.12. The Labute approximate surface area is 55.3 Å². The standard InChI is InChI=1S/C5H11NO2S/c1-5(2-3-5)4-9(6,7)8/h2-4H2,1H3,(H2,6,7,8). The first-order chi connectivity index (χ1) is 3.91. The maximum Gasteiger partial charge on any atom is 0.209 e. The summed E-state index contributed by atoms with van der Waals surface area (Å²) in [5.74, 6) is 0.153. The molecule has 2 N–H and O–H groups in total. The van der Waals surface area contributed by atoms with Crippen LogP contribution < -0.4 is 5.14 Å². The molecule has 1 aliphatic rings. The third kappa shape index (κ3) is 2.32. The number of hydrogen-bond acceptors (Lipinski definition) is 2. The van der Waals surface area contributed by atoms with E-state index in [1.54, 1.807) is 0 Å². The van der Waals surface area contributed by atoms with Crippen LogP contribution in [-0.4, -0.2) is 14.2 Å². The van der Waals surface area contributed by atoms with E-state index in [0.29, 0.717) is 0 Å². The van der Waals surface area contributed by atoms with E-state index in [0.717, 1.165) is 12.8 Å². The SMILES string of the molecule is CC1(CS(N)(=O)=O)CC1. The Balaban J connectivity index is 2.53. The number of hydrogen-bond donors (Lipinski definition) is 1. The fourth-order valence-corrected chi connectivity index (χ4v) is 2.10. The predicted octanol–water partition coefficient (Wildman–Crippen LogP) is 0.0750. The van der Waals surface area contributed by atoms with Gasteiger partial charge < -0.3 is 0 Å². The van der Waals surface area contributed by atoms with Gasteiger partial charge in [-0.25, -0.2) is 13.6 Å². The zero-order valence-electron chi connectivity index (χ0n) is 5.42. The molecule has 0 unspecified atom stereocenters. The minimum absolute atomic E-state index is 0.0214. The van der Waals surface area contributed by atoms with E-state index in [-0.39, 0.29) is 11.2 Å². The number of nitrogens with two attached hydrogens (primary N) is 1. The summed E-state index contributed by atoms with van der Waals surface area (Å²) < 4.78 is 20.9. The van der Waals surface area contributed by atoms with Crippen molar-refractivity contribution in [2.45, 2.75) is 19.8 Å². The number of sulfonamides is 1. The van der Waals surface area contributed by atoms with Crippen LogP contribution in [0.25, 0.3) is 0 Å². The molecule has 0 saturated heterocycles. The lowest BCUT2D eigenvalue weighted by molar-refractivity contribution is 0.569. The maximum atomic E-state index is 10.5. The third-order valence-corrected chi connectivity index (χ3v) is 2.75. The summed E-state index contributed by atoms with van der Waals surface area (Å²) in [6, 6.07) is 0. The molecule has 3 nitrogen and oxygen atoms in total. The van der Waals surface area contributed by atoms with Crippen molar-refractivity contribution in [3.63, 3.8) is 0 Å². The zero-order valence-corrected chi connectivity index (χ0v) is 6.24. The van der Waals surface area contributed by atoms with Crippen molar-refractivity contribution in [3.05, 3.63) is 0 Å². The first kappa shape index (κ1) is 7.02. The van der Waals surface area contributed by atoms with Crippen LogP contribution >= 0.6 is 0 Å². The summed E-state index contributed by atoms with van der Waals surface area (Å²) in [5, 5.41) is 4.83. The molecular weight excluding hydrogens is 138 g/mol. The van der Waals surface area contributed by atoms with Crippen molar-refractivity contribution in [1.29, 1.82) is 0 Å². The fraction of sp³-hybridized carbons (Fsp3) is 1.00. The molecule has 54 valence electrons. The van der Waals surface area contributed by atoms with Gasteiger partial charge in [0.25, 0.3) is 0 Å². The molecule has 1 fully saturated rings. The van der Waals surface area contributed by atoms with Crippen LogP contribution in [0.3, 0.4) is 0 Å². The van der Waals surface area contributed by atoms with Gasteiger partial charge in [0.15, 0.2) is 0 Å². The minimum Gasteiger partial charge on any atom is -0.229 e. The summed E-state index contributed by atoms with van der Waals surface area (Å²) in [6.07, 6.45) is 2.01. The van der Waals surface area contributed by atoms with E-state index in [1.807, 2.05) is 6.92 Å². The molecule has 0 aromatic heterocycles. The van der Waals surface area contributed by atoms with E-state index >= 15 is 0 Å². The Morgan fingerprint density at radius 3 is 2.11 bits per heavy atom. The first-order valence-electron chi connectivity index (χ1n) is 2.92. The Kier molecular flexibility index (Phi) is 1.33. The summed E-state index contributed by atoms with van der Waals surface area (Å²) in [4.78, 5) is 0. The highest BCUT2D eigenvalue weighted by molar-refractivity contribution is 7.89. The van der Waals surface area contributed by atoms with Crippen molar-refractivity contribution >= 4 is 10.0 Å². The molecule has 0 amide bonds. The van der Waals surface area contributed by atoms with Crippen LogP contribution in [0.15, 0.2) is 0 Å². The molecule has 0 atom stereocenters. The van der Waals surface area contributed by atoms with Gasteiger partial charge in [0.05, 0.1) is 5.75 Å². The third-order valence-electron chi connectivity index (χ3n) is 1.65. The Hall–Kier alpha value is -0.0900. The summed E-state index contributed by atoms with van der Waals surface area (Å²) >= 11 is 0. The maximum absolute atomic E-state index is 10.5. The van der Waals surface area contributed by atoms with Crippen LogP contribution in [0.1, 0.15) is 19.8 Å². The number of primary sulfonamides is 1. The van der Waals surface area contributed by atoms with Gasteiger partial charge in [-0.2, -0.15) is 0 Å². The van der Waals surface area contributed by atoms with Crippen molar-refractivity contribution in [1.82, 2.24) is 0 Å². The second-order valence-corrected chi connectivity index (χ2v) is 4.73. The van der Waals surface area contributed by atoms with Gasteiger partial charge in [0.1, 0.15) is 0 Å². The van der Waals surface area contributed by atoms with Crippen LogP contribution in [0.4, 0.5) is 0 Å². The lowest BCUT2D eigenvalue weighted by Gasteiger charge is -2.02. The lowest BCUT2D eigenvalue weighted by Crippen LogP contribution is -2.22. The van der Waals surface area contributed by atoms with Crippen LogP contribution in [0, 0.1) is 5.41 Å². The van der Waals surface area contributed by atoms with Crippen molar-refractivity contribution in [2.24, 2.45) is 10.6 Å². The van der Waals surface area contributed by atoms with Crippen molar-refractivity contribution in [2.75, 3.05) is 5.75 Å². The quantitative estimate of drug-likeness (QED) is 0.604. The Morgan fingerprint density at radius 1 is 1.56 bits per heavy atom. The smallest absolute Gasteiger partial charge is 0.209 e. The molecule has 0 aliphatic heterocycles. The van der Waals surface area contributed by atoms with Gasteiger partial charge in [-0.3, -0.25) is 0 Å². The summed E-state index contributed by atoms with van der Waals surface area (Å²) in [6.45, 7) is 1.94. The minimum atomic E-state index is -3.22. The van der Waals surface area contributed by atoms with Gasteiger partial charge in [0, 0.05) is 0 Å². The molecule has 1 aliphatic carbocycles. The molecule has 1 rings (SSSR count). The van der Waals surface area contributed by atoms with E-state index in [1.165, 1.54) is 0 Å². The topological polar surface area (TPSA) is 60.2 Å². The van der Waals surface area contributed by atoms with Gasteiger partial charge in [-0.1, -0.05) is 6.92 Å². The van der Waals surface area contributed by atoms with Crippen molar-refractivity contribution in [3.8, 4) is 0 Å². The Morgan fingerprint density at radius 2 is 2.00 bits per heavy atom. The predicted molar refractivity (Wildman–Crippen MR) is 35.3 cm³/mol. The molecule has 0 aromatic rings. The first-order valence-corrected chi connectivity index (χ1v) is 4.63. The molecule has 9 heavy (non-hydrogen) atoms. The fourth-order valence-electron chi connectivity index (χ4n) is 0.843. The number of rotatable bonds is 2. The molecule has 1 saturated carbocycles. The second-order valence-electron chi connectivity index (χ2n) is 3.12. The molecule has 4 heteroatoms. The summed E-state index contributed by atoms with van der Waals surface area (Å²) in [5.41, 5.74) is 0.0214. The largest absolute Gasteiger partial charge is 0.229 e. The van der Waals surface area contributed by atoms with E-state index in [4.69, 9.17) is 5.14 Å². The van der Waals surface area contributed by atoms with Crippen molar-refractivity contribution < 1.29 is 8.42 Å². The van der Waals surface area contributed by atoms with Gasteiger partial charge in [-0.15, -0.1) is 0 Å². The highest BCUT2D eigenvalue weighted by atomic mass is 32.2. The molecule has 0 spiro atoms. The molecule has 0 radical (unpaired) electrons. The average molecular weight is 149 g/mol. The average Bonchev–Trinajstić information content (AvgIpc) is 2.12. The van der Waals surface area contributed by atoms with Crippen LogP contribution in [-0.2, 0) is 10.0 Å². The monoisotopic (exact) mass is 149 g/mol. The van der Waals surface area contributed by atoms with E-state index in [9.17, 15) is 8.42 Å². The van der Waals surface area contributed by atoms with Crippen LogP contribution in [0.5, 0.6) is 0 Å². The summed E-state index contributed by atoms with van der Waals surface area (Å²) in [7, 11) is -3.22. The van der Waals surface area contributed by atoms with Gasteiger partial charge in [0.2, 0.25) is 10.0 Å². The second kappa shape index (κ2) is 1.70.